The van der Waals surface area contributed by atoms with Crippen molar-refractivity contribution < 1.29 is 14.6 Å². The molecule has 1 unspecified atom stereocenters. The van der Waals surface area contributed by atoms with Crippen molar-refractivity contribution >= 4 is 34.2 Å². The van der Waals surface area contributed by atoms with Crippen LogP contribution in [0.3, 0.4) is 0 Å². The van der Waals surface area contributed by atoms with E-state index in [1.54, 1.807) is 6.07 Å². The zero-order valence-electron chi connectivity index (χ0n) is 17.0. The Bertz CT molecular complexity index is 1060. The normalized spacial score (nSPS) is 16.4. The van der Waals surface area contributed by atoms with E-state index in [1.807, 2.05) is 24.0 Å². The molecule has 0 saturated carbocycles. The number of hydrogen-bond donors (Lipinski definition) is 3. The molecule has 4 rings (SSSR count). The number of rotatable bonds is 8. The predicted octanol–water partition coefficient (Wildman–Crippen LogP) is 4.94. The van der Waals surface area contributed by atoms with Gasteiger partial charge in [-0.15, -0.1) is 0 Å². The third kappa shape index (κ3) is 4.55. The fourth-order valence-electron chi connectivity index (χ4n) is 3.93. The van der Waals surface area contributed by atoms with Crippen LogP contribution in [0.4, 0.5) is 0 Å². The smallest absolute Gasteiger partial charge is 0.339 e. The van der Waals surface area contributed by atoms with Gasteiger partial charge in [0.25, 0.3) is 0 Å². The molecule has 1 aliphatic rings. The van der Waals surface area contributed by atoms with Gasteiger partial charge >= 0.3 is 5.97 Å². The van der Waals surface area contributed by atoms with Gasteiger partial charge < -0.3 is 20.1 Å². The number of methoxy groups -OCH3 is 1. The standard InChI is InChI=1S/C24H26N2O3S/c1-29-23-13-20-18(14-26-22(20)12-21(23)24(27)28)15-30-10-8-19-11-17(7-9-25-19)16-5-3-2-4-6-16/h2-7,12-14,19,25-26H,8-11,15H2,1H3,(H,27,28). The lowest BCUT2D eigenvalue weighted by Crippen LogP contribution is -2.33. The molecule has 0 bridgehead atoms. The lowest BCUT2D eigenvalue weighted by atomic mass is 9.94. The second kappa shape index (κ2) is 9.41. The molecule has 30 heavy (non-hydrogen) atoms. The van der Waals surface area contributed by atoms with Crippen LogP contribution in [0.5, 0.6) is 5.75 Å². The SMILES string of the molecule is COc1cc2c(CSCCC3CC(c4ccccc4)=CCN3)c[nH]c2cc1C(=O)O. The summed E-state index contributed by atoms with van der Waals surface area (Å²) in [5.74, 6) is 1.36. The summed E-state index contributed by atoms with van der Waals surface area (Å²) in [6, 6.07) is 14.6. The Kier molecular flexibility index (Phi) is 6.45. The summed E-state index contributed by atoms with van der Waals surface area (Å²) in [6.07, 6.45) is 6.44. The van der Waals surface area contributed by atoms with Crippen molar-refractivity contribution in [2.45, 2.75) is 24.6 Å². The van der Waals surface area contributed by atoms with Gasteiger partial charge in [-0.2, -0.15) is 11.8 Å². The number of aromatic carboxylic acids is 1. The molecular weight excluding hydrogens is 396 g/mol. The van der Waals surface area contributed by atoms with Crippen LogP contribution < -0.4 is 10.1 Å². The Morgan fingerprint density at radius 3 is 2.87 bits per heavy atom. The predicted molar refractivity (Wildman–Crippen MR) is 123 cm³/mol. The van der Waals surface area contributed by atoms with E-state index in [9.17, 15) is 9.90 Å². The van der Waals surface area contributed by atoms with Crippen molar-refractivity contribution in [3.05, 3.63) is 71.4 Å². The molecule has 1 aliphatic heterocycles. The van der Waals surface area contributed by atoms with Crippen LogP contribution in [-0.2, 0) is 5.75 Å². The van der Waals surface area contributed by atoms with Crippen LogP contribution in [0.15, 0.2) is 54.7 Å². The number of hydrogen-bond acceptors (Lipinski definition) is 4. The number of nitrogens with one attached hydrogen (secondary N) is 2. The van der Waals surface area contributed by atoms with Gasteiger partial charge in [0.05, 0.1) is 7.11 Å². The minimum atomic E-state index is -0.983. The van der Waals surface area contributed by atoms with Crippen molar-refractivity contribution in [2.75, 3.05) is 19.4 Å². The largest absolute Gasteiger partial charge is 0.496 e. The average Bonchev–Trinajstić information content (AvgIpc) is 3.18. The topological polar surface area (TPSA) is 74.3 Å². The Morgan fingerprint density at radius 1 is 1.27 bits per heavy atom. The van der Waals surface area contributed by atoms with Gasteiger partial charge in [-0.3, -0.25) is 0 Å². The van der Waals surface area contributed by atoms with E-state index in [-0.39, 0.29) is 5.56 Å². The molecule has 156 valence electrons. The summed E-state index contributed by atoms with van der Waals surface area (Å²) < 4.78 is 5.28. The fraction of sp³-hybridized carbons (Fsp3) is 0.292. The molecule has 2 heterocycles. The molecule has 5 nitrogen and oxygen atoms in total. The maximum Gasteiger partial charge on any atom is 0.339 e. The molecule has 6 heteroatoms. The molecule has 0 amide bonds. The third-order valence-corrected chi connectivity index (χ3v) is 6.59. The Labute approximate surface area is 180 Å². The second-order valence-corrected chi connectivity index (χ2v) is 8.57. The van der Waals surface area contributed by atoms with Crippen LogP contribution >= 0.6 is 11.8 Å². The number of carboxylic acid groups (broad SMARTS) is 1. The molecule has 0 aliphatic carbocycles. The molecule has 2 aromatic carbocycles. The molecule has 3 N–H and O–H groups in total. The molecule has 0 spiro atoms. The van der Waals surface area contributed by atoms with Crippen molar-refractivity contribution in [2.24, 2.45) is 0 Å². The third-order valence-electron chi connectivity index (χ3n) is 5.55. The first kappa shape index (κ1) is 20.6. The van der Waals surface area contributed by atoms with Crippen molar-refractivity contribution in [1.29, 1.82) is 0 Å². The number of H-pyrrole nitrogens is 1. The Morgan fingerprint density at radius 2 is 2.10 bits per heavy atom. The van der Waals surface area contributed by atoms with Gasteiger partial charge in [-0.25, -0.2) is 4.79 Å². The highest BCUT2D eigenvalue weighted by molar-refractivity contribution is 7.98. The Hall–Kier alpha value is -2.70. The average molecular weight is 423 g/mol. The highest BCUT2D eigenvalue weighted by Crippen LogP contribution is 2.30. The van der Waals surface area contributed by atoms with E-state index in [4.69, 9.17) is 4.74 Å². The summed E-state index contributed by atoms with van der Waals surface area (Å²) in [5.41, 5.74) is 4.94. The summed E-state index contributed by atoms with van der Waals surface area (Å²) in [5, 5.41) is 14.0. The number of carboxylic acids is 1. The van der Waals surface area contributed by atoms with Crippen LogP contribution in [0.2, 0.25) is 0 Å². The van der Waals surface area contributed by atoms with Gasteiger partial charge in [0.15, 0.2) is 0 Å². The molecule has 0 fully saturated rings. The van der Waals surface area contributed by atoms with Crippen LogP contribution in [0.1, 0.15) is 34.3 Å². The first-order valence-electron chi connectivity index (χ1n) is 10.1. The van der Waals surface area contributed by atoms with E-state index < -0.39 is 5.97 Å². The monoisotopic (exact) mass is 422 g/mol. The summed E-state index contributed by atoms with van der Waals surface area (Å²) in [7, 11) is 1.50. The van der Waals surface area contributed by atoms with Crippen molar-refractivity contribution in [1.82, 2.24) is 10.3 Å². The van der Waals surface area contributed by atoms with Gasteiger partial charge in [-0.1, -0.05) is 36.4 Å². The number of thioether (sulfide) groups is 1. The minimum absolute atomic E-state index is 0.178. The number of carbonyl (C=O) groups is 1. The number of aromatic amines is 1. The lowest BCUT2D eigenvalue weighted by molar-refractivity contribution is 0.0693. The second-order valence-electron chi connectivity index (χ2n) is 7.46. The van der Waals surface area contributed by atoms with E-state index in [0.717, 1.165) is 41.8 Å². The van der Waals surface area contributed by atoms with Crippen LogP contribution in [-0.4, -0.2) is 41.5 Å². The molecule has 0 saturated heterocycles. The molecule has 3 aromatic rings. The number of fused-ring (bicyclic) bond motifs is 1. The summed E-state index contributed by atoms with van der Waals surface area (Å²) >= 11 is 1.90. The molecule has 0 radical (unpaired) electrons. The highest BCUT2D eigenvalue weighted by atomic mass is 32.2. The zero-order valence-corrected chi connectivity index (χ0v) is 17.8. The molecule has 1 atom stereocenters. The van der Waals surface area contributed by atoms with Gasteiger partial charge in [0.1, 0.15) is 11.3 Å². The highest BCUT2D eigenvalue weighted by Gasteiger charge is 2.17. The maximum absolute atomic E-state index is 11.4. The Balaban J connectivity index is 1.33. The van der Waals surface area contributed by atoms with Crippen LogP contribution in [0.25, 0.3) is 16.5 Å². The van der Waals surface area contributed by atoms with Crippen LogP contribution in [0, 0.1) is 0 Å². The van der Waals surface area contributed by atoms with Gasteiger partial charge in [0.2, 0.25) is 0 Å². The first-order chi connectivity index (χ1) is 14.7. The number of ether oxygens (including phenoxy) is 1. The van der Waals surface area contributed by atoms with E-state index in [0.29, 0.717) is 11.8 Å². The van der Waals surface area contributed by atoms with Gasteiger partial charge in [-0.05, 0) is 47.4 Å². The minimum Gasteiger partial charge on any atom is -0.496 e. The lowest BCUT2D eigenvalue weighted by Gasteiger charge is -2.24. The maximum atomic E-state index is 11.4. The first-order valence-corrected chi connectivity index (χ1v) is 11.3. The zero-order chi connectivity index (χ0) is 20.9. The van der Waals surface area contributed by atoms with Gasteiger partial charge in [0, 0.05) is 35.4 Å². The fourth-order valence-corrected chi connectivity index (χ4v) is 4.99. The molecular formula is C24H26N2O3S. The van der Waals surface area contributed by atoms with Crippen molar-refractivity contribution in [3.8, 4) is 5.75 Å². The van der Waals surface area contributed by atoms with E-state index >= 15 is 0 Å². The summed E-state index contributed by atoms with van der Waals surface area (Å²) in [6.45, 7) is 0.924. The van der Waals surface area contributed by atoms with E-state index in [1.165, 1.54) is 23.8 Å². The van der Waals surface area contributed by atoms with Crippen molar-refractivity contribution in [3.63, 3.8) is 0 Å². The molecule has 1 aromatic heterocycles. The van der Waals surface area contributed by atoms with E-state index in [2.05, 4.69) is 46.7 Å². The number of benzene rings is 2. The summed E-state index contributed by atoms with van der Waals surface area (Å²) in [4.78, 5) is 14.6. The number of aromatic nitrogens is 1. The quantitative estimate of drug-likeness (QED) is 0.448.